The summed E-state index contributed by atoms with van der Waals surface area (Å²) in [6.45, 7) is 2.34. The topological polar surface area (TPSA) is 87.7 Å². The average molecular weight is 336 g/mol. The van der Waals surface area contributed by atoms with Crippen LogP contribution in [-0.2, 0) is 6.54 Å². The normalized spacial score (nSPS) is 18.1. The summed E-state index contributed by atoms with van der Waals surface area (Å²) >= 11 is 0. The van der Waals surface area contributed by atoms with Gasteiger partial charge in [0.15, 0.2) is 5.82 Å². The van der Waals surface area contributed by atoms with Crippen molar-refractivity contribution in [2.45, 2.75) is 38.1 Å². The van der Waals surface area contributed by atoms with Crippen LogP contribution in [-0.4, -0.2) is 32.8 Å². The summed E-state index contributed by atoms with van der Waals surface area (Å²) in [7, 11) is 0. The molecular weight excluding hydrogens is 316 g/mol. The van der Waals surface area contributed by atoms with Gasteiger partial charge in [0.2, 0.25) is 0 Å². The Morgan fingerprint density at radius 3 is 2.72 bits per heavy atom. The van der Waals surface area contributed by atoms with Crippen molar-refractivity contribution in [1.82, 2.24) is 19.7 Å². The Balaban J connectivity index is 1.39. The first-order chi connectivity index (χ1) is 12.2. The summed E-state index contributed by atoms with van der Waals surface area (Å²) in [5, 5.41) is 17.2. The Labute approximate surface area is 145 Å². The fourth-order valence-electron chi connectivity index (χ4n) is 3.43. The first-order valence-corrected chi connectivity index (χ1v) is 8.77. The van der Waals surface area contributed by atoms with Gasteiger partial charge in [-0.2, -0.15) is 10.4 Å². The molecule has 0 atom stereocenters. The minimum atomic E-state index is 0.0556. The number of rotatable bonds is 4. The molecule has 25 heavy (non-hydrogen) atoms. The SMILES string of the molecule is N#Cc1ccnnc1N1CCC(Cn2cnc(C3CC3)cc2=O)CC1. The molecule has 7 heteroatoms. The smallest absolute Gasteiger partial charge is 0.253 e. The van der Waals surface area contributed by atoms with E-state index in [1.807, 2.05) is 0 Å². The number of aromatic nitrogens is 4. The van der Waals surface area contributed by atoms with E-state index >= 15 is 0 Å². The lowest BCUT2D eigenvalue weighted by atomic mass is 9.96. The van der Waals surface area contributed by atoms with Gasteiger partial charge in [-0.3, -0.25) is 9.36 Å². The van der Waals surface area contributed by atoms with Crippen molar-refractivity contribution in [2.75, 3.05) is 18.0 Å². The predicted octanol–water partition coefficient (Wildman–Crippen LogP) is 1.70. The number of anilines is 1. The van der Waals surface area contributed by atoms with Crippen LogP contribution in [0, 0.1) is 17.2 Å². The van der Waals surface area contributed by atoms with Crippen molar-refractivity contribution < 1.29 is 0 Å². The van der Waals surface area contributed by atoms with Crippen LogP contribution < -0.4 is 10.5 Å². The van der Waals surface area contributed by atoms with Gasteiger partial charge < -0.3 is 4.90 Å². The standard InChI is InChI=1S/C18H20N6O/c19-10-15-3-6-21-22-18(15)23-7-4-13(5-8-23)11-24-12-20-16(9-17(24)25)14-1-2-14/h3,6,9,12-14H,1-2,4-5,7-8,11H2. The van der Waals surface area contributed by atoms with Crippen molar-refractivity contribution in [1.29, 1.82) is 5.26 Å². The monoisotopic (exact) mass is 336 g/mol. The van der Waals surface area contributed by atoms with Crippen molar-refractivity contribution in [3.8, 4) is 6.07 Å². The minimum absolute atomic E-state index is 0.0556. The zero-order valence-electron chi connectivity index (χ0n) is 14.0. The minimum Gasteiger partial charge on any atom is -0.354 e. The zero-order chi connectivity index (χ0) is 17.2. The molecule has 128 valence electrons. The van der Waals surface area contributed by atoms with E-state index in [2.05, 4.69) is 26.2 Å². The van der Waals surface area contributed by atoms with E-state index in [1.54, 1.807) is 29.2 Å². The molecule has 3 heterocycles. The van der Waals surface area contributed by atoms with Crippen molar-refractivity contribution in [2.24, 2.45) is 5.92 Å². The number of nitriles is 1. The fraction of sp³-hybridized carbons (Fsp3) is 0.500. The van der Waals surface area contributed by atoms with Crippen LogP contribution in [0.15, 0.2) is 29.5 Å². The largest absolute Gasteiger partial charge is 0.354 e. The maximum atomic E-state index is 12.3. The molecule has 0 spiro atoms. The van der Waals surface area contributed by atoms with E-state index in [4.69, 9.17) is 0 Å². The highest BCUT2D eigenvalue weighted by atomic mass is 16.1. The molecule has 4 rings (SSSR count). The average Bonchev–Trinajstić information content (AvgIpc) is 3.49. The molecule has 2 aromatic rings. The van der Waals surface area contributed by atoms with Gasteiger partial charge in [0, 0.05) is 31.6 Å². The van der Waals surface area contributed by atoms with E-state index in [1.165, 1.54) is 0 Å². The molecule has 1 aliphatic carbocycles. The van der Waals surface area contributed by atoms with E-state index < -0.39 is 0 Å². The third-order valence-electron chi connectivity index (χ3n) is 5.09. The quantitative estimate of drug-likeness (QED) is 0.844. The summed E-state index contributed by atoms with van der Waals surface area (Å²) in [6, 6.07) is 5.57. The summed E-state index contributed by atoms with van der Waals surface area (Å²) < 4.78 is 1.73. The predicted molar refractivity (Wildman–Crippen MR) is 92.2 cm³/mol. The van der Waals surface area contributed by atoms with E-state index in [-0.39, 0.29) is 5.56 Å². The lowest BCUT2D eigenvalue weighted by Crippen LogP contribution is -2.37. The lowest BCUT2D eigenvalue weighted by Gasteiger charge is -2.33. The molecule has 1 saturated heterocycles. The first kappa shape index (κ1) is 15.8. The van der Waals surface area contributed by atoms with Crippen molar-refractivity contribution >= 4 is 5.82 Å². The molecule has 0 unspecified atom stereocenters. The van der Waals surface area contributed by atoms with Crippen LogP contribution >= 0.6 is 0 Å². The second kappa shape index (κ2) is 6.63. The zero-order valence-corrected chi connectivity index (χ0v) is 14.0. The molecule has 2 aromatic heterocycles. The molecule has 0 aromatic carbocycles. The van der Waals surface area contributed by atoms with Crippen LogP contribution in [0.5, 0.6) is 0 Å². The molecule has 0 amide bonds. The third-order valence-corrected chi connectivity index (χ3v) is 5.09. The molecule has 7 nitrogen and oxygen atoms in total. The maximum absolute atomic E-state index is 12.3. The summed E-state index contributed by atoms with van der Waals surface area (Å²) in [5.41, 5.74) is 1.56. The Hall–Kier alpha value is -2.75. The molecule has 2 aliphatic rings. The highest BCUT2D eigenvalue weighted by Crippen LogP contribution is 2.38. The molecule has 0 N–H and O–H groups in total. The first-order valence-electron chi connectivity index (χ1n) is 8.77. The molecule has 2 fully saturated rings. The van der Waals surface area contributed by atoms with Gasteiger partial charge >= 0.3 is 0 Å². The number of nitrogens with zero attached hydrogens (tertiary/aromatic N) is 6. The van der Waals surface area contributed by atoms with Gasteiger partial charge in [0.05, 0.1) is 23.8 Å². The Bertz CT molecular complexity index is 858. The summed E-state index contributed by atoms with van der Waals surface area (Å²) in [5.74, 6) is 1.60. The van der Waals surface area contributed by atoms with E-state index in [9.17, 15) is 10.1 Å². The van der Waals surface area contributed by atoms with Crippen LogP contribution in [0.2, 0.25) is 0 Å². The van der Waals surface area contributed by atoms with E-state index in [0.717, 1.165) is 44.5 Å². The molecular formula is C18H20N6O. The molecule has 0 bridgehead atoms. The molecule has 1 saturated carbocycles. The van der Waals surface area contributed by atoms with Gasteiger partial charge in [-0.05, 0) is 37.7 Å². The van der Waals surface area contributed by atoms with Gasteiger partial charge in [-0.1, -0.05) is 0 Å². The van der Waals surface area contributed by atoms with Crippen LogP contribution in [0.3, 0.4) is 0 Å². The van der Waals surface area contributed by atoms with Gasteiger partial charge in [0.25, 0.3) is 5.56 Å². The summed E-state index contributed by atoms with van der Waals surface area (Å²) in [6.07, 6.45) is 7.47. The lowest BCUT2D eigenvalue weighted by molar-refractivity contribution is 0.349. The Morgan fingerprint density at radius 1 is 1.24 bits per heavy atom. The summed E-state index contributed by atoms with van der Waals surface area (Å²) in [4.78, 5) is 18.8. The number of hydrogen-bond acceptors (Lipinski definition) is 6. The molecule has 0 radical (unpaired) electrons. The van der Waals surface area contributed by atoms with Crippen LogP contribution in [0.4, 0.5) is 5.82 Å². The van der Waals surface area contributed by atoms with Crippen LogP contribution in [0.1, 0.15) is 42.9 Å². The molecule has 1 aliphatic heterocycles. The maximum Gasteiger partial charge on any atom is 0.253 e. The second-order valence-corrected chi connectivity index (χ2v) is 6.89. The number of piperidine rings is 1. The highest BCUT2D eigenvalue weighted by molar-refractivity contribution is 5.52. The second-order valence-electron chi connectivity index (χ2n) is 6.89. The van der Waals surface area contributed by atoms with Gasteiger partial charge in [0.1, 0.15) is 6.07 Å². The van der Waals surface area contributed by atoms with Gasteiger partial charge in [-0.15, -0.1) is 5.10 Å². The number of hydrogen-bond donors (Lipinski definition) is 0. The van der Waals surface area contributed by atoms with Crippen molar-refractivity contribution in [3.05, 3.63) is 46.3 Å². The Morgan fingerprint density at radius 2 is 2.04 bits per heavy atom. The fourth-order valence-corrected chi connectivity index (χ4v) is 3.43. The Kier molecular flexibility index (Phi) is 4.18. The van der Waals surface area contributed by atoms with E-state index in [0.29, 0.717) is 29.8 Å². The third kappa shape index (κ3) is 3.38. The van der Waals surface area contributed by atoms with Crippen molar-refractivity contribution in [3.63, 3.8) is 0 Å². The van der Waals surface area contributed by atoms with Crippen LogP contribution in [0.25, 0.3) is 0 Å². The van der Waals surface area contributed by atoms with Gasteiger partial charge in [-0.25, -0.2) is 4.98 Å². The highest BCUT2D eigenvalue weighted by Gasteiger charge is 2.26.